The van der Waals surface area contributed by atoms with Crippen molar-refractivity contribution >= 4 is 27.6 Å². The molecule has 0 saturated heterocycles. The van der Waals surface area contributed by atoms with Crippen LogP contribution in [0.4, 0.5) is 13.2 Å². The SMILES string of the molecule is CC(C)c1ccc2nc(/C=C(\O)C(F)(F)F)sc2c1. The van der Waals surface area contributed by atoms with Gasteiger partial charge in [-0.05, 0) is 23.6 Å². The number of hydrogen-bond donors (Lipinski definition) is 1. The molecule has 0 aliphatic heterocycles. The Bertz CT molecular complexity index is 628. The molecule has 0 atom stereocenters. The van der Waals surface area contributed by atoms with Crippen LogP contribution in [0, 0.1) is 0 Å². The summed E-state index contributed by atoms with van der Waals surface area (Å²) in [6, 6.07) is 5.60. The maximum atomic E-state index is 12.2. The van der Waals surface area contributed by atoms with Crippen LogP contribution in [0.3, 0.4) is 0 Å². The molecule has 0 saturated carbocycles. The molecule has 0 fully saturated rings. The summed E-state index contributed by atoms with van der Waals surface area (Å²) in [5, 5.41) is 9.05. The van der Waals surface area contributed by atoms with Gasteiger partial charge in [0.2, 0.25) is 5.76 Å². The fraction of sp³-hybridized carbons (Fsp3) is 0.308. The first-order valence-corrected chi connectivity index (χ1v) is 6.47. The Hall–Kier alpha value is -1.56. The van der Waals surface area contributed by atoms with Gasteiger partial charge in [-0.25, -0.2) is 4.98 Å². The van der Waals surface area contributed by atoms with Gasteiger partial charge in [-0.15, -0.1) is 11.3 Å². The second-order valence-electron chi connectivity index (χ2n) is 4.46. The molecule has 1 aromatic heterocycles. The standard InChI is InChI=1S/C13H12F3NOS/c1-7(2)8-3-4-9-10(5-8)19-12(17-9)6-11(18)13(14,15)16/h3-7,18H,1-2H3/b11-6-. The first-order chi connectivity index (χ1) is 8.77. The van der Waals surface area contributed by atoms with Crippen LogP contribution in [0.2, 0.25) is 0 Å². The van der Waals surface area contributed by atoms with E-state index in [1.807, 2.05) is 26.0 Å². The number of alkyl halides is 3. The fourth-order valence-electron chi connectivity index (χ4n) is 1.58. The third kappa shape index (κ3) is 3.07. The summed E-state index contributed by atoms with van der Waals surface area (Å²) in [6.07, 6.45) is -4.08. The van der Waals surface area contributed by atoms with Gasteiger partial charge in [-0.2, -0.15) is 13.2 Å². The van der Waals surface area contributed by atoms with Gasteiger partial charge < -0.3 is 5.11 Å². The van der Waals surface area contributed by atoms with Gasteiger partial charge in [0.1, 0.15) is 5.01 Å². The van der Waals surface area contributed by atoms with Crippen molar-refractivity contribution in [3.8, 4) is 0 Å². The highest BCUT2D eigenvalue weighted by Crippen LogP contribution is 2.30. The van der Waals surface area contributed by atoms with Crippen molar-refractivity contribution < 1.29 is 18.3 Å². The molecule has 1 aromatic carbocycles. The van der Waals surface area contributed by atoms with Crippen LogP contribution in [0.25, 0.3) is 16.3 Å². The van der Waals surface area contributed by atoms with Crippen LogP contribution in [-0.2, 0) is 0 Å². The minimum Gasteiger partial charge on any atom is -0.504 e. The van der Waals surface area contributed by atoms with E-state index < -0.39 is 11.9 Å². The van der Waals surface area contributed by atoms with E-state index in [4.69, 9.17) is 5.11 Å². The zero-order chi connectivity index (χ0) is 14.2. The predicted octanol–water partition coefficient (Wildman–Crippen LogP) is 4.88. The molecule has 1 heterocycles. The average Bonchev–Trinajstić information content (AvgIpc) is 2.68. The van der Waals surface area contributed by atoms with Gasteiger partial charge in [0.25, 0.3) is 0 Å². The summed E-state index contributed by atoms with van der Waals surface area (Å²) in [5.41, 5.74) is 1.74. The number of aliphatic hydroxyl groups excluding tert-OH is 1. The minimum absolute atomic E-state index is 0.144. The van der Waals surface area contributed by atoms with Crippen molar-refractivity contribution in [2.24, 2.45) is 0 Å². The van der Waals surface area contributed by atoms with Crippen molar-refractivity contribution in [2.45, 2.75) is 25.9 Å². The zero-order valence-corrected chi connectivity index (χ0v) is 11.1. The van der Waals surface area contributed by atoms with Crippen LogP contribution in [0.1, 0.15) is 30.3 Å². The summed E-state index contributed by atoms with van der Waals surface area (Å²) < 4.78 is 37.5. The monoisotopic (exact) mass is 287 g/mol. The summed E-state index contributed by atoms with van der Waals surface area (Å²) in [7, 11) is 0. The van der Waals surface area contributed by atoms with E-state index in [-0.39, 0.29) is 5.01 Å². The van der Waals surface area contributed by atoms with Crippen molar-refractivity contribution in [1.29, 1.82) is 0 Å². The number of aliphatic hydroxyl groups is 1. The lowest BCUT2D eigenvalue weighted by Gasteiger charge is -2.03. The highest BCUT2D eigenvalue weighted by atomic mass is 32.1. The second-order valence-corrected chi connectivity index (χ2v) is 5.52. The van der Waals surface area contributed by atoms with Crippen molar-refractivity contribution in [3.63, 3.8) is 0 Å². The maximum absolute atomic E-state index is 12.2. The Kier molecular flexibility index (Phi) is 3.54. The first-order valence-electron chi connectivity index (χ1n) is 5.65. The lowest BCUT2D eigenvalue weighted by Crippen LogP contribution is -2.10. The topological polar surface area (TPSA) is 33.1 Å². The third-order valence-corrected chi connectivity index (χ3v) is 3.61. The van der Waals surface area contributed by atoms with Crippen LogP contribution >= 0.6 is 11.3 Å². The van der Waals surface area contributed by atoms with Crippen LogP contribution in [0.15, 0.2) is 24.0 Å². The average molecular weight is 287 g/mol. The highest BCUT2D eigenvalue weighted by Gasteiger charge is 2.33. The fourth-order valence-corrected chi connectivity index (χ4v) is 2.53. The van der Waals surface area contributed by atoms with E-state index >= 15 is 0 Å². The molecule has 102 valence electrons. The molecule has 0 bridgehead atoms. The summed E-state index contributed by atoms with van der Waals surface area (Å²) in [4.78, 5) is 4.05. The van der Waals surface area contributed by atoms with E-state index in [0.717, 1.165) is 21.6 Å². The lowest BCUT2D eigenvalue weighted by atomic mass is 10.0. The summed E-state index contributed by atoms with van der Waals surface area (Å²) >= 11 is 1.13. The largest absolute Gasteiger partial charge is 0.504 e. The van der Waals surface area contributed by atoms with Gasteiger partial charge in [0.05, 0.1) is 10.2 Å². The number of halogens is 3. The number of aromatic nitrogens is 1. The normalized spacial score (nSPS) is 13.5. The second kappa shape index (κ2) is 4.85. The van der Waals surface area contributed by atoms with Gasteiger partial charge >= 0.3 is 6.18 Å². The van der Waals surface area contributed by atoms with Gasteiger partial charge in [0.15, 0.2) is 0 Å². The smallest absolute Gasteiger partial charge is 0.448 e. The quantitative estimate of drug-likeness (QED) is 0.798. The summed E-state index contributed by atoms with van der Waals surface area (Å²) in [5.74, 6) is -1.29. The van der Waals surface area contributed by atoms with Gasteiger partial charge in [0, 0.05) is 6.08 Å². The Balaban J connectivity index is 2.42. The highest BCUT2D eigenvalue weighted by molar-refractivity contribution is 7.19. The number of nitrogens with zero attached hydrogens (tertiary/aromatic N) is 1. The van der Waals surface area contributed by atoms with Crippen molar-refractivity contribution in [3.05, 3.63) is 34.5 Å². The zero-order valence-electron chi connectivity index (χ0n) is 10.3. The summed E-state index contributed by atoms with van der Waals surface area (Å²) in [6.45, 7) is 4.08. The Morgan fingerprint density at radius 3 is 2.63 bits per heavy atom. The number of fused-ring (bicyclic) bond motifs is 1. The molecule has 0 aliphatic carbocycles. The third-order valence-electron chi connectivity index (χ3n) is 2.65. The van der Waals surface area contributed by atoms with E-state index in [1.54, 1.807) is 6.07 Å². The molecule has 6 heteroatoms. The van der Waals surface area contributed by atoms with Crippen LogP contribution in [-0.4, -0.2) is 16.3 Å². The molecular weight excluding hydrogens is 275 g/mol. The number of allylic oxidation sites excluding steroid dienone is 1. The molecule has 2 rings (SSSR count). The van der Waals surface area contributed by atoms with Gasteiger partial charge in [-0.1, -0.05) is 19.9 Å². The van der Waals surface area contributed by atoms with Crippen LogP contribution < -0.4 is 0 Å². The molecule has 0 spiro atoms. The Labute approximate surface area is 112 Å². The molecule has 1 N–H and O–H groups in total. The number of hydrogen-bond acceptors (Lipinski definition) is 3. The molecule has 2 aromatic rings. The molecule has 0 aliphatic rings. The van der Waals surface area contributed by atoms with Crippen LogP contribution in [0.5, 0.6) is 0 Å². The lowest BCUT2D eigenvalue weighted by molar-refractivity contribution is -0.119. The number of benzene rings is 1. The van der Waals surface area contributed by atoms with E-state index in [2.05, 4.69) is 4.98 Å². The Morgan fingerprint density at radius 1 is 1.37 bits per heavy atom. The molecule has 0 radical (unpaired) electrons. The molecule has 2 nitrogen and oxygen atoms in total. The van der Waals surface area contributed by atoms with Crippen molar-refractivity contribution in [1.82, 2.24) is 4.98 Å². The molecule has 19 heavy (non-hydrogen) atoms. The number of thiazole rings is 1. The number of rotatable bonds is 2. The van der Waals surface area contributed by atoms with E-state index in [0.29, 0.717) is 17.5 Å². The molecular formula is C13H12F3NOS. The van der Waals surface area contributed by atoms with E-state index in [9.17, 15) is 13.2 Å². The molecule has 0 amide bonds. The Morgan fingerprint density at radius 2 is 2.05 bits per heavy atom. The maximum Gasteiger partial charge on any atom is 0.448 e. The van der Waals surface area contributed by atoms with E-state index in [1.165, 1.54) is 0 Å². The first kappa shape index (κ1) is 13.9. The minimum atomic E-state index is -4.74. The van der Waals surface area contributed by atoms with Gasteiger partial charge in [-0.3, -0.25) is 0 Å². The molecule has 0 unspecified atom stereocenters. The predicted molar refractivity (Wildman–Crippen MR) is 70.4 cm³/mol. The van der Waals surface area contributed by atoms with Crippen molar-refractivity contribution in [2.75, 3.05) is 0 Å².